The fourth-order valence-corrected chi connectivity index (χ4v) is 3.94. The molecule has 0 aromatic heterocycles. The fraction of sp³-hybridized carbons (Fsp3) is 0.333. The highest BCUT2D eigenvalue weighted by molar-refractivity contribution is 14.1. The summed E-state index contributed by atoms with van der Waals surface area (Å²) in [5, 5.41) is 6.30. The first kappa shape index (κ1) is 20.1. The topological polar surface area (TPSA) is 58.2 Å². The minimum absolute atomic E-state index is 0.187. The number of carbonyl (C=O) groups is 2. The molecule has 142 valence electrons. The van der Waals surface area contributed by atoms with Gasteiger partial charge < -0.3 is 10.6 Å². The van der Waals surface area contributed by atoms with Crippen molar-refractivity contribution in [2.75, 3.05) is 5.32 Å². The van der Waals surface area contributed by atoms with Crippen molar-refractivity contribution < 1.29 is 9.59 Å². The monoisotopic (exact) mass is 496 g/mol. The first-order valence-corrected chi connectivity index (χ1v) is 10.6. The second kappa shape index (κ2) is 9.06. The van der Waals surface area contributed by atoms with Crippen molar-refractivity contribution in [2.24, 2.45) is 0 Å². The lowest BCUT2D eigenvalue weighted by Gasteiger charge is -2.23. The van der Waals surface area contributed by atoms with Gasteiger partial charge in [0.1, 0.15) is 0 Å². The first-order chi connectivity index (χ1) is 12.9. The van der Waals surface area contributed by atoms with Gasteiger partial charge in [0.25, 0.3) is 11.8 Å². The summed E-state index contributed by atoms with van der Waals surface area (Å²) >= 11 is 8.43. The van der Waals surface area contributed by atoms with Gasteiger partial charge in [0.05, 0.1) is 10.6 Å². The molecule has 0 unspecified atom stereocenters. The predicted molar refractivity (Wildman–Crippen MR) is 118 cm³/mol. The van der Waals surface area contributed by atoms with E-state index in [4.69, 9.17) is 11.6 Å². The third-order valence-electron chi connectivity index (χ3n) is 4.84. The first-order valence-electron chi connectivity index (χ1n) is 9.12. The summed E-state index contributed by atoms with van der Waals surface area (Å²) in [6.07, 6.45) is 5.53. The number of anilines is 1. The molecule has 1 fully saturated rings. The Morgan fingerprint density at radius 1 is 1.04 bits per heavy atom. The normalized spacial score (nSPS) is 14.6. The highest BCUT2D eigenvalue weighted by Gasteiger charge is 2.19. The van der Waals surface area contributed by atoms with Gasteiger partial charge in [-0.1, -0.05) is 36.9 Å². The zero-order chi connectivity index (χ0) is 19.4. The molecule has 27 heavy (non-hydrogen) atoms. The third kappa shape index (κ3) is 5.23. The van der Waals surface area contributed by atoms with Crippen LogP contribution in [0.15, 0.2) is 36.4 Å². The molecule has 2 aromatic rings. The maximum Gasteiger partial charge on any atom is 0.255 e. The summed E-state index contributed by atoms with van der Waals surface area (Å²) in [6, 6.07) is 10.7. The Hall–Kier alpha value is -1.60. The van der Waals surface area contributed by atoms with Gasteiger partial charge in [-0.25, -0.2) is 0 Å². The molecule has 6 heteroatoms. The number of amides is 2. The standard InChI is InChI=1S/C21H22ClIN2O2/c1-13-7-8-14(11-19(13)23)20(26)25-16-9-10-18(22)17(12-16)21(27)24-15-5-3-2-4-6-15/h7-12,15H,2-6H2,1H3,(H,24,27)(H,25,26). The van der Waals surface area contributed by atoms with Gasteiger partial charge >= 0.3 is 0 Å². The van der Waals surface area contributed by atoms with Gasteiger partial charge in [0.2, 0.25) is 0 Å². The molecule has 2 amide bonds. The molecule has 2 aromatic carbocycles. The Kier molecular flexibility index (Phi) is 6.76. The van der Waals surface area contributed by atoms with Gasteiger partial charge in [0, 0.05) is 20.9 Å². The van der Waals surface area contributed by atoms with Crippen LogP contribution in [-0.2, 0) is 0 Å². The van der Waals surface area contributed by atoms with Crippen LogP contribution in [0.4, 0.5) is 5.69 Å². The summed E-state index contributed by atoms with van der Waals surface area (Å²) in [5.41, 5.74) is 2.64. The molecular formula is C21H22ClIN2O2. The van der Waals surface area contributed by atoms with Crippen LogP contribution in [-0.4, -0.2) is 17.9 Å². The molecule has 4 nitrogen and oxygen atoms in total. The van der Waals surface area contributed by atoms with Crippen LogP contribution in [0.3, 0.4) is 0 Å². The van der Waals surface area contributed by atoms with Crippen LogP contribution in [0, 0.1) is 10.5 Å². The second-order valence-corrected chi connectivity index (χ2v) is 8.49. The molecule has 0 aliphatic heterocycles. The second-order valence-electron chi connectivity index (χ2n) is 6.92. The molecule has 0 radical (unpaired) electrons. The summed E-state index contributed by atoms with van der Waals surface area (Å²) < 4.78 is 1.03. The Bertz CT molecular complexity index is 863. The smallest absolute Gasteiger partial charge is 0.255 e. The van der Waals surface area contributed by atoms with Gasteiger partial charge in [-0.05, 0) is 78.3 Å². The van der Waals surface area contributed by atoms with Crippen molar-refractivity contribution >= 4 is 51.7 Å². The average Bonchev–Trinajstić information content (AvgIpc) is 2.66. The average molecular weight is 497 g/mol. The number of hydrogen-bond acceptors (Lipinski definition) is 2. The van der Waals surface area contributed by atoms with Crippen molar-refractivity contribution in [3.63, 3.8) is 0 Å². The molecular weight excluding hydrogens is 475 g/mol. The van der Waals surface area contributed by atoms with E-state index in [9.17, 15) is 9.59 Å². The number of benzene rings is 2. The summed E-state index contributed by atoms with van der Waals surface area (Å²) in [5.74, 6) is -0.401. The largest absolute Gasteiger partial charge is 0.349 e. The van der Waals surface area contributed by atoms with Crippen LogP contribution >= 0.6 is 34.2 Å². The van der Waals surface area contributed by atoms with Crippen molar-refractivity contribution in [1.82, 2.24) is 5.32 Å². The highest BCUT2D eigenvalue weighted by Crippen LogP contribution is 2.23. The van der Waals surface area contributed by atoms with Crippen LogP contribution < -0.4 is 10.6 Å². The van der Waals surface area contributed by atoms with Gasteiger partial charge in [-0.15, -0.1) is 0 Å². The number of nitrogens with one attached hydrogen (secondary N) is 2. The molecule has 0 spiro atoms. The van der Waals surface area contributed by atoms with E-state index in [1.165, 1.54) is 6.42 Å². The Morgan fingerprint density at radius 3 is 2.48 bits per heavy atom. The van der Waals surface area contributed by atoms with Crippen LogP contribution in [0.2, 0.25) is 5.02 Å². The quantitative estimate of drug-likeness (QED) is 0.544. The molecule has 2 N–H and O–H groups in total. The van der Waals surface area contributed by atoms with E-state index in [1.807, 2.05) is 19.1 Å². The van der Waals surface area contributed by atoms with Gasteiger partial charge in [-0.3, -0.25) is 9.59 Å². The van der Waals surface area contributed by atoms with E-state index in [0.29, 0.717) is 21.8 Å². The Morgan fingerprint density at radius 2 is 1.78 bits per heavy atom. The van der Waals surface area contributed by atoms with E-state index in [-0.39, 0.29) is 17.9 Å². The van der Waals surface area contributed by atoms with Gasteiger partial charge in [-0.2, -0.15) is 0 Å². The van der Waals surface area contributed by atoms with E-state index in [0.717, 1.165) is 34.8 Å². The van der Waals surface area contributed by atoms with E-state index in [2.05, 4.69) is 33.2 Å². The number of carbonyl (C=O) groups excluding carboxylic acids is 2. The van der Waals surface area contributed by atoms with E-state index < -0.39 is 0 Å². The van der Waals surface area contributed by atoms with E-state index >= 15 is 0 Å². The maximum absolute atomic E-state index is 12.6. The molecule has 0 atom stereocenters. The molecule has 0 bridgehead atoms. The fourth-order valence-electron chi connectivity index (χ4n) is 3.22. The van der Waals surface area contributed by atoms with Crippen LogP contribution in [0.1, 0.15) is 58.4 Å². The number of aryl methyl sites for hydroxylation is 1. The maximum atomic E-state index is 12.6. The van der Waals surface area contributed by atoms with Crippen molar-refractivity contribution in [3.05, 3.63) is 61.7 Å². The lowest BCUT2D eigenvalue weighted by Crippen LogP contribution is -2.36. The van der Waals surface area contributed by atoms with E-state index in [1.54, 1.807) is 24.3 Å². The predicted octanol–water partition coefficient (Wildman–Crippen LogP) is 5.57. The SMILES string of the molecule is Cc1ccc(C(=O)Nc2ccc(Cl)c(C(=O)NC3CCCCC3)c2)cc1I. The third-order valence-corrected chi connectivity index (χ3v) is 6.34. The molecule has 1 aliphatic carbocycles. The molecule has 3 rings (SSSR count). The van der Waals surface area contributed by atoms with Gasteiger partial charge in [0.15, 0.2) is 0 Å². The van der Waals surface area contributed by atoms with Crippen LogP contribution in [0.5, 0.6) is 0 Å². The molecule has 1 saturated carbocycles. The van der Waals surface area contributed by atoms with Crippen LogP contribution in [0.25, 0.3) is 0 Å². The lowest BCUT2D eigenvalue weighted by molar-refractivity contribution is 0.0926. The Balaban J connectivity index is 1.73. The lowest BCUT2D eigenvalue weighted by atomic mass is 9.95. The molecule has 0 saturated heterocycles. The Labute approximate surface area is 178 Å². The summed E-state index contributed by atoms with van der Waals surface area (Å²) in [6.45, 7) is 2.00. The van der Waals surface area contributed by atoms with Crippen molar-refractivity contribution in [2.45, 2.75) is 45.1 Å². The molecule has 0 heterocycles. The number of halogens is 2. The minimum atomic E-state index is -0.214. The minimum Gasteiger partial charge on any atom is -0.349 e. The van der Waals surface area contributed by atoms with Crippen molar-refractivity contribution in [3.8, 4) is 0 Å². The van der Waals surface area contributed by atoms with Crippen molar-refractivity contribution in [1.29, 1.82) is 0 Å². The zero-order valence-corrected chi connectivity index (χ0v) is 18.1. The molecule has 1 aliphatic rings. The summed E-state index contributed by atoms with van der Waals surface area (Å²) in [7, 11) is 0. The number of hydrogen-bond donors (Lipinski definition) is 2. The number of rotatable bonds is 4. The highest BCUT2D eigenvalue weighted by atomic mass is 127. The zero-order valence-electron chi connectivity index (χ0n) is 15.1. The summed E-state index contributed by atoms with van der Waals surface area (Å²) in [4.78, 5) is 25.1.